The van der Waals surface area contributed by atoms with Gasteiger partial charge >= 0.3 is 0 Å². The molecule has 0 heterocycles. The summed E-state index contributed by atoms with van der Waals surface area (Å²) in [5.74, 6) is 1.02. The second kappa shape index (κ2) is 5.13. The van der Waals surface area contributed by atoms with Crippen LogP contribution in [0.15, 0.2) is 28.7 Å². The molecule has 1 aliphatic carbocycles. The van der Waals surface area contributed by atoms with Gasteiger partial charge in [0.15, 0.2) is 0 Å². The van der Waals surface area contributed by atoms with Crippen LogP contribution in [0, 0.1) is 5.92 Å². The third-order valence-electron chi connectivity index (χ3n) is 3.07. The Kier molecular flexibility index (Phi) is 3.81. The Morgan fingerprint density at radius 2 is 2.00 bits per heavy atom. The molecule has 0 unspecified atom stereocenters. The number of hydrogen-bond donors (Lipinski definition) is 1. The van der Waals surface area contributed by atoms with Gasteiger partial charge in [-0.2, -0.15) is 0 Å². The number of hydrogen-bond acceptors (Lipinski definition) is 1. The molecule has 0 bridgehead atoms. The molecule has 0 aromatic heterocycles. The molecule has 1 aliphatic rings. The molecule has 1 nitrogen and oxygen atoms in total. The van der Waals surface area contributed by atoms with E-state index in [1.54, 1.807) is 0 Å². The van der Waals surface area contributed by atoms with Gasteiger partial charge in [-0.3, -0.25) is 0 Å². The summed E-state index contributed by atoms with van der Waals surface area (Å²) in [6, 6.07) is 9.04. The zero-order valence-corrected chi connectivity index (χ0v) is 10.8. The van der Waals surface area contributed by atoms with Crippen LogP contribution in [-0.2, 0) is 0 Å². The normalized spacial score (nSPS) is 17.7. The average Bonchev–Trinajstić information content (AvgIpc) is 3.02. The van der Waals surface area contributed by atoms with Crippen molar-refractivity contribution in [1.82, 2.24) is 5.32 Å². The Morgan fingerprint density at radius 1 is 1.33 bits per heavy atom. The molecule has 0 saturated heterocycles. The molecule has 0 aliphatic heterocycles. The molecule has 15 heavy (non-hydrogen) atoms. The molecule has 2 heteroatoms. The van der Waals surface area contributed by atoms with Crippen molar-refractivity contribution in [3.63, 3.8) is 0 Å². The molecule has 1 aromatic rings. The molecule has 82 valence electrons. The minimum absolute atomic E-state index is 0.469. The third kappa shape index (κ3) is 3.62. The fourth-order valence-corrected chi connectivity index (χ4v) is 2.04. The molecule has 1 atom stereocenters. The summed E-state index contributed by atoms with van der Waals surface area (Å²) in [6.45, 7) is 3.39. The monoisotopic (exact) mass is 267 g/mol. The van der Waals surface area contributed by atoms with Gasteiger partial charge < -0.3 is 5.32 Å². The highest BCUT2D eigenvalue weighted by Crippen LogP contribution is 2.31. The molecule has 0 spiro atoms. The van der Waals surface area contributed by atoms with Crippen molar-refractivity contribution < 1.29 is 0 Å². The Morgan fingerprint density at radius 3 is 2.60 bits per heavy atom. The predicted molar refractivity (Wildman–Crippen MR) is 67.9 cm³/mol. The van der Waals surface area contributed by atoms with E-state index in [1.165, 1.54) is 24.8 Å². The second-order valence-electron chi connectivity index (χ2n) is 4.46. The van der Waals surface area contributed by atoms with Gasteiger partial charge in [-0.15, -0.1) is 0 Å². The predicted octanol–water partition coefficient (Wildman–Crippen LogP) is 3.90. The maximum absolute atomic E-state index is 3.57. The van der Waals surface area contributed by atoms with Crippen LogP contribution < -0.4 is 5.32 Å². The fourth-order valence-electron chi connectivity index (χ4n) is 1.78. The zero-order chi connectivity index (χ0) is 10.7. The first kappa shape index (κ1) is 11.2. The van der Waals surface area contributed by atoms with Crippen LogP contribution >= 0.6 is 15.9 Å². The molecule has 1 aromatic carbocycles. The molecule has 2 rings (SSSR count). The van der Waals surface area contributed by atoms with Gasteiger partial charge in [0, 0.05) is 10.5 Å². The molecular formula is C13H18BrN. The minimum Gasteiger partial charge on any atom is -0.310 e. The molecule has 1 saturated carbocycles. The van der Waals surface area contributed by atoms with Gasteiger partial charge in [0.2, 0.25) is 0 Å². The summed E-state index contributed by atoms with van der Waals surface area (Å²) in [5, 5.41) is 3.57. The van der Waals surface area contributed by atoms with E-state index in [0.717, 1.165) is 16.9 Å². The lowest BCUT2D eigenvalue weighted by Gasteiger charge is -2.14. The van der Waals surface area contributed by atoms with Gasteiger partial charge in [0.05, 0.1) is 0 Å². The third-order valence-corrected chi connectivity index (χ3v) is 3.60. The Bertz CT molecular complexity index is 303. The molecule has 1 fully saturated rings. The van der Waals surface area contributed by atoms with E-state index in [9.17, 15) is 0 Å². The maximum Gasteiger partial charge on any atom is 0.0291 e. The van der Waals surface area contributed by atoms with E-state index in [0.29, 0.717) is 6.04 Å². The zero-order valence-electron chi connectivity index (χ0n) is 9.17. The van der Waals surface area contributed by atoms with E-state index in [2.05, 4.69) is 52.4 Å². The van der Waals surface area contributed by atoms with Crippen LogP contribution in [-0.4, -0.2) is 6.54 Å². The lowest BCUT2D eigenvalue weighted by atomic mass is 10.1. The number of rotatable bonds is 5. The summed E-state index contributed by atoms with van der Waals surface area (Å²) < 4.78 is 1.15. The van der Waals surface area contributed by atoms with Gasteiger partial charge in [-0.1, -0.05) is 40.9 Å². The van der Waals surface area contributed by atoms with Crippen LogP contribution in [0.2, 0.25) is 0 Å². The van der Waals surface area contributed by atoms with Gasteiger partial charge in [0.25, 0.3) is 0 Å². The maximum atomic E-state index is 3.57. The molecule has 0 amide bonds. The molecular weight excluding hydrogens is 250 g/mol. The summed E-state index contributed by atoms with van der Waals surface area (Å²) >= 11 is 3.45. The van der Waals surface area contributed by atoms with Gasteiger partial charge in [-0.05, 0) is 43.5 Å². The van der Waals surface area contributed by atoms with Crippen LogP contribution in [0.3, 0.4) is 0 Å². The Balaban J connectivity index is 1.78. The minimum atomic E-state index is 0.469. The highest BCUT2D eigenvalue weighted by molar-refractivity contribution is 9.10. The van der Waals surface area contributed by atoms with Crippen molar-refractivity contribution in [2.24, 2.45) is 5.92 Å². The SMILES string of the molecule is C[C@@H](NCCC1CC1)c1ccc(Br)cc1. The molecule has 0 radical (unpaired) electrons. The highest BCUT2D eigenvalue weighted by atomic mass is 79.9. The van der Waals surface area contributed by atoms with Crippen molar-refractivity contribution in [3.05, 3.63) is 34.3 Å². The largest absolute Gasteiger partial charge is 0.310 e. The first-order valence-electron chi connectivity index (χ1n) is 5.74. The van der Waals surface area contributed by atoms with Gasteiger partial charge in [-0.25, -0.2) is 0 Å². The lowest BCUT2D eigenvalue weighted by molar-refractivity contribution is 0.539. The average molecular weight is 268 g/mol. The lowest BCUT2D eigenvalue weighted by Crippen LogP contribution is -2.20. The van der Waals surface area contributed by atoms with Crippen molar-refractivity contribution in [3.8, 4) is 0 Å². The van der Waals surface area contributed by atoms with Crippen molar-refractivity contribution >= 4 is 15.9 Å². The van der Waals surface area contributed by atoms with E-state index >= 15 is 0 Å². The van der Waals surface area contributed by atoms with Crippen molar-refractivity contribution in [2.75, 3.05) is 6.54 Å². The highest BCUT2D eigenvalue weighted by Gasteiger charge is 2.20. The number of benzene rings is 1. The topological polar surface area (TPSA) is 12.0 Å². The van der Waals surface area contributed by atoms with Crippen LogP contribution in [0.5, 0.6) is 0 Å². The van der Waals surface area contributed by atoms with Crippen molar-refractivity contribution in [1.29, 1.82) is 0 Å². The van der Waals surface area contributed by atoms with E-state index in [-0.39, 0.29) is 0 Å². The smallest absolute Gasteiger partial charge is 0.0291 e. The molecule has 1 N–H and O–H groups in total. The van der Waals surface area contributed by atoms with Crippen LogP contribution in [0.25, 0.3) is 0 Å². The summed E-state index contributed by atoms with van der Waals surface area (Å²) in [7, 11) is 0. The van der Waals surface area contributed by atoms with Gasteiger partial charge in [0.1, 0.15) is 0 Å². The summed E-state index contributed by atoms with van der Waals surface area (Å²) in [4.78, 5) is 0. The van der Waals surface area contributed by atoms with E-state index < -0.39 is 0 Å². The second-order valence-corrected chi connectivity index (χ2v) is 5.38. The Labute approximate surface area is 100 Å². The number of halogens is 1. The summed E-state index contributed by atoms with van der Waals surface area (Å²) in [5.41, 5.74) is 1.37. The standard InChI is InChI=1S/C13H18BrN/c1-10(15-9-8-11-2-3-11)12-4-6-13(14)7-5-12/h4-7,10-11,15H,2-3,8-9H2,1H3/t10-/m1/s1. The van der Waals surface area contributed by atoms with Crippen LogP contribution in [0.4, 0.5) is 0 Å². The Hall–Kier alpha value is -0.340. The first-order valence-corrected chi connectivity index (χ1v) is 6.54. The van der Waals surface area contributed by atoms with E-state index in [4.69, 9.17) is 0 Å². The van der Waals surface area contributed by atoms with Crippen LogP contribution in [0.1, 0.15) is 37.8 Å². The fraction of sp³-hybridized carbons (Fsp3) is 0.538. The van der Waals surface area contributed by atoms with E-state index in [1.807, 2.05) is 0 Å². The summed E-state index contributed by atoms with van der Waals surface area (Å²) in [6.07, 6.45) is 4.25. The van der Waals surface area contributed by atoms with Crippen molar-refractivity contribution in [2.45, 2.75) is 32.2 Å². The number of nitrogens with one attached hydrogen (secondary N) is 1. The quantitative estimate of drug-likeness (QED) is 0.854. The first-order chi connectivity index (χ1) is 7.25.